The van der Waals surface area contributed by atoms with Crippen LogP contribution in [0.15, 0.2) is 28.7 Å². The number of nitrogens with one attached hydrogen (secondary N) is 1. The van der Waals surface area contributed by atoms with Crippen molar-refractivity contribution in [3.8, 4) is 0 Å². The maximum Gasteiger partial charge on any atom is 0.224 e. The van der Waals surface area contributed by atoms with Crippen LogP contribution in [0.25, 0.3) is 0 Å². The predicted octanol–water partition coefficient (Wildman–Crippen LogP) is 2.66. The highest BCUT2D eigenvalue weighted by Gasteiger charge is 2.20. The number of hydrogen-bond donors (Lipinski definition) is 2. The lowest BCUT2D eigenvalue weighted by atomic mass is 9.87. The first-order valence-electron chi connectivity index (χ1n) is 6.82. The second-order valence-electron chi connectivity index (χ2n) is 5.30. The quantitative estimate of drug-likeness (QED) is 0.894. The molecule has 1 aliphatic carbocycles. The van der Waals surface area contributed by atoms with Gasteiger partial charge >= 0.3 is 0 Å². The van der Waals surface area contributed by atoms with Crippen molar-refractivity contribution in [1.29, 1.82) is 0 Å². The summed E-state index contributed by atoms with van der Waals surface area (Å²) in [5.74, 6) is 0.480. The van der Waals surface area contributed by atoms with Gasteiger partial charge in [-0.25, -0.2) is 0 Å². The fourth-order valence-electron chi connectivity index (χ4n) is 2.60. The molecule has 0 spiro atoms. The highest BCUT2D eigenvalue weighted by Crippen LogP contribution is 2.23. The van der Waals surface area contributed by atoms with Crippen LogP contribution in [0.1, 0.15) is 31.2 Å². The first-order chi connectivity index (χ1) is 9.13. The van der Waals surface area contributed by atoms with Gasteiger partial charge in [-0.3, -0.25) is 4.79 Å². The van der Waals surface area contributed by atoms with Crippen molar-refractivity contribution in [2.75, 3.05) is 6.54 Å². The summed E-state index contributed by atoms with van der Waals surface area (Å²) in [5, 5.41) is 12.6. The molecule has 2 unspecified atom stereocenters. The SMILES string of the molecule is O=C(Cc1cccc(Br)c1)NCC1CCCC(O)C1. The number of aliphatic hydroxyl groups is 1. The van der Waals surface area contributed by atoms with E-state index in [1.165, 1.54) is 0 Å². The van der Waals surface area contributed by atoms with E-state index >= 15 is 0 Å². The molecule has 19 heavy (non-hydrogen) atoms. The van der Waals surface area contributed by atoms with E-state index in [2.05, 4.69) is 21.2 Å². The summed E-state index contributed by atoms with van der Waals surface area (Å²) >= 11 is 3.40. The Hall–Kier alpha value is -0.870. The zero-order valence-electron chi connectivity index (χ0n) is 10.9. The van der Waals surface area contributed by atoms with Gasteiger partial charge in [0.2, 0.25) is 5.91 Å². The predicted molar refractivity (Wildman–Crippen MR) is 78.8 cm³/mol. The van der Waals surface area contributed by atoms with Crippen LogP contribution in [-0.4, -0.2) is 23.7 Å². The number of halogens is 1. The maximum atomic E-state index is 11.9. The second-order valence-corrected chi connectivity index (χ2v) is 6.21. The van der Waals surface area contributed by atoms with Crippen molar-refractivity contribution in [3.05, 3.63) is 34.3 Å². The lowest BCUT2D eigenvalue weighted by molar-refractivity contribution is -0.120. The maximum absolute atomic E-state index is 11.9. The van der Waals surface area contributed by atoms with Gasteiger partial charge in [0.15, 0.2) is 0 Å². The zero-order chi connectivity index (χ0) is 13.7. The number of aliphatic hydroxyl groups excluding tert-OH is 1. The summed E-state index contributed by atoms with van der Waals surface area (Å²) in [6, 6.07) is 7.80. The zero-order valence-corrected chi connectivity index (χ0v) is 12.5. The molecule has 2 rings (SSSR count). The number of amides is 1. The van der Waals surface area contributed by atoms with Crippen molar-refractivity contribution in [1.82, 2.24) is 5.32 Å². The average molecular weight is 326 g/mol. The van der Waals surface area contributed by atoms with Gasteiger partial charge in [0.05, 0.1) is 12.5 Å². The van der Waals surface area contributed by atoms with Crippen molar-refractivity contribution < 1.29 is 9.90 Å². The molecule has 2 N–H and O–H groups in total. The fourth-order valence-corrected chi connectivity index (χ4v) is 3.05. The van der Waals surface area contributed by atoms with Crippen LogP contribution >= 0.6 is 15.9 Å². The van der Waals surface area contributed by atoms with Crippen molar-refractivity contribution in [2.24, 2.45) is 5.92 Å². The van der Waals surface area contributed by atoms with Crippen molar-refractivity contribution in [3.63, 3.8) is 0 Å². The van der Waals surface area contributed by atoms with E-state index < -0.39 is 0 Å². The summed E-state index contributed by atoms with van der Waals surface area (Å²) in [6.07, 6.45) is 4.12. The first-order valence-corrected chi connectivity index (χ1v) is 7.62. The molecule has 1 saturated carbocycles. The van der Waals surface area contributed by atoms with Crippen LogP contribution in [-0.2, 0) is 11.2 Å². The molecule has 0 saturated heterocycles. The highest BCUT2D eigenvalue weighted by atomic mass is 79.9. The third-order valence-electron chi connectivity index (χ3n) is 3.60. The van der Waals surface area contributed by atoms with Gasteiger partial charge in [-0.15, -0.1) is 0 Å². The summed E-state index contributed by atoms with van der Waals surface area (Å²) < 4.78 is 0.994. The molecule has 2 atom stereocenters. The molecular formula is C15H20BrNO2. The molecule has 0 aromatic heterocycles. The highest BCUT2D eigenvalue weighted by molar-refractivity contribution is 9.10. The summed E-state index contributed by atoms with van der Waals surface area (Å²) in [7, 11) is 0. The Morgan fingerprint density at radius 3 is 3.00 bits per heavy atom. The Morgan fingerprint density at radius 1 is 1.42 bits per heavy atom. The molecule has 1 amide bonds. The van der Waals surface area contributed by atoms with Gasteiger partial charge in [-0.2, -0.15) is 0 Å². The summed E-state index contributed by atoms with van der Waals surface area (Å²) in [6.45, 7) is 0.684. The van der Waals surface area contributed by atoms with E-state index in [4.69, 9.17) is 0 Å². The Kier molecular flexibility index (Phi) is 5.40. The fraction of sp³-hybridized carbons (Fsp3) is 0.533. The van der Waals surface area contributed by atoms with E-state index in [1.54, 1.807) is 0 Å². The monoisotopic (exact) mass is 325 g/mol. The lowest BCUT2D eigenvalue weighted by Crippen LogP contribution is -2.33. The molecule has 1 fully saturated rings. The van der Waals surface area contributed by atoms with Crippen LogP contribution in [0.3, 0.4) is 0 Å². The average Bonchev–Trinajstić information content (AvgIpc) is 2.36. The van der Waals surface area contributed by atoms with Crippen LogP contribution in [0.4, 0.5) is 0 Å². The molecule has 1 aromatic carbocycles. The van der Waals surface area contributed by atoms with Crippen LogP contribution in [0.2, 0.25) is 0 Å². The molecule has 0 bridgehead atoms. The van der Waals surface area contributed by atoms with E-state index in [-0.39, 0.29) is 12.0 Å². The first kappa shape index (κ1) is 14.5. The third-order valence-corrected chi connectivity index (χ3v) is 4.09. The molecule has 4 heteroatoms. The smallest absolute Gasteiger partial charge is 0.224 e. The van der Waals surface area contributed by atoms with Crippen LogP contribution in [0.5, 0.6) is 0 Å². The number of hydrogen-bond acceptors (Lipinski definition) is 2. The number of rotatable bonds is 4. The topological polar surface area (TPSA) is 49.3 Å². The molecule has 1 aliphatic rings. The van der Waals surface area contributed by atoms with E-state index in [9.17, 15) is 9.90 Å². The van der Waals surface area contributed by atoms with Gasteiger partial charge < -0.3 is 10.4 Å². The number of carbonyl (C=O) groups excluding carboxylic acids is 1. The van der Waals surface area contributed by atoms with E-state index in [0.29, 0.717) is 18.9 Å². The Bertz CT molecular complexity index is 436. The molecule has 1 aromatic rings. The van der Waals surface area contributed by atoms with Crippen LogP contribution in [0, 0.1) is 5.92 Å². The van der Waals surface area contributed by atoms with Gasteiger partial charge in [0.25, 0.3) is 0 Å². The molecule has 0 radical (unpaired) electrons. The largest absolute Gasteiger partial charge is 0.393 e. The van der Waals surface area contributed by atoms with Gasteiger partial charge in [-0.05, 0) is 42.9 Å². The van der Waals surface area contributed by atoms with Crippen LogP contribution < -0.4 is 5.32 Å². The number of benzene rings is 1. The van der Waals surface area contributed by atoms with Gasteiger partial charge in [-0.1, -0.05) is 34.5 Å². The Labute approximate surface area is 122 Å². The molecular weight excluding hydrogens is 306 g/mol. The molecule has 104 valence electrons. The standard InChI is InChI=1S/C15H20BrNO2/c16-13-5-1-3-11(7-13)9-15(19)17-10-12-4-2-6-14(18)8-12/h1,3,5,7,12,14,18H,2,4,6,8-10H2,(H,17,19). The Balaban J connectivity index is 1.75. The summed E-state index contributed by atoms with van der Waals surface area (Å²) in [5.41, 5.74) is 1.01. The van der Waals surface area contributed by atoms with Gasteiger partial charge in [0.1, 0.15) is 0 Å². The lowest BCUT2D eigenvalue weighted by Gasteiger charge is -2.25. The third kappa shape index (κ3) is 4.96. The molecule has 0 heterocycles. The second kappa shape index (κ2) is 7.06. The molecule has 0 aliphatic heterocycles. The summed E-state index contributed by atoms with van der Waals surface area (Å²) in [4.78, 5) is 11.9. The minimum Gasteiger partial charge on any atom is -0.393 e. The van der Waals surface area contributed by atoms with Crippen molar-refractivity contribution in [2.45, 2.75) is 38.2 Å². The minimum atomic E-state index is -0.180. The van der Waals surface area contributed by atoms with Crippen molar-refractivity contribution >= 4 is 21.8 Å². The molecule has 3 nitrogen and oxygen atoms in total. The normalized spacial score (nSPS) is 23.1. The number of carbonyl (C=O) groups is 1. The van der Waals surface area contributed by atoms with E-state index in [1.807, 2.05) is 24.3 Å². The Morgan fingerprint density at radius 2 is 2.26 bits per heavy atom. The minimum absolute atomic E-state index is 0.0539. The van der Waals surface area contributed by atoms with E-state index in [0.717, 1.165) is 35.7 Å². The van der Waals surface area contributed by atoms with Gasteiger partial charge in [0, 0.05) is 11.0 Å².